The first-order chi connectivity index (χ1) is 9.46. The molecular weight excluding hydrogens is 256 g/mol. The largest absolute Gasteiger partial charge is 0.481 e. The van der Waals surface area contributed by atoms with Crippen molar-refractivity contribution in [2.24, 2.45) is 17.3 Å². The number of unbranched alkanes of at least 4 members (excludes halogenated alkanes) is 3. The normalized spacial score (nSPS) is 28.0. The van der Waals surface area contributed by atoms with Crippen LogP contribution in [0.5, 0.6) is 0 Å². The summed E-state index contributed by atoms with van der Waals surface area (Å²) in [5, 5.41) is 19.1. The lowest BCUT2D eigenvalue weighted by Gasteiger charge is -2.43. The molecule has 0 aromatic heterocycles. The van der Waals surface area contributed by atoms with Gasteiger partial charge in [0.25, 0.3) is 0 Å². The molecule has 0 aliphatic heterocycles. The van der Waals surface area contributed by atoms with Crippen LogP contribution < -0.4 is 0 Å². The Balaban J connectivity index is 2.83. The summed E-state index contributed by atoms with van der Waals surface area (Å²) >= 11 is 0. The van der Waals surface area contributed by atoms with Crippen LogP contribution in [0, 0.1) is 17.3 Å². The van der Waals surface area contributed by atoms with Crippen molar-refractivity contribution < 1.29 is 19.8 Å². The van der Waals surface area contributed by atoms with E-state index >= 15 is 0 Å². The van der Waals surface area contributed by atoms with Gasteiger partial charge in [0.2, 0.25) is 0 Å². The van der Waals surface area contributed by atoms with Gasteiger partial charge in [-0.1, -0.05) is 52.4 Å². The monoisotopic (exact) mass is 284 g/mol. The number of carbonyl (C=O) groups is 2. The third-order valence-electron chi connectivity index (χ3n) is 5.02. The quantitative estimate of drug-likeness (QED) is 0.662. The summed E-state index contributed by atoms with van der Waals surface area (Å²) in [5.41, 5.74) is -1.06. The molecule has 0 radical (unpaired) electrons. The van der Waals surface area contributed by atoms with Crippen molar-refractivity contribution >= 4 is 11.9 Å². The lowest BCUT2D eigenvalue weighted by molar-refractivity contribution is -0.171. The van der Waals surface area contributed by atoms with Crippen molar-refractivity contribution in [3.8, 4) is 0 Å². The van der Waals surface area contributed by atoms with Gasteiger partial charge in [-0.2, -0.15) is 0 Å². The Kier molecular flexibility index (Phi) is 6.50. The summed E-state index contributed by atoms with van der Waals surface area (Å²) < 4.78 is 0. The van der Waals surface area contributed by atoms with Gasteiger partial charge in [0.05, 0.1) is 11.3 Å². The highest BCUT2D eigenvalue weighted by Gasteiger charge is 2.53. The lowest BCUT2D eigenvalue weighted by Crippen LogP contribution is -2.49. The molecule has 0 heterocycles. The van der Waals surface area contributed by atoms with E-state index in [0.29, 0.717) is 12.8 Å². The van der Waals surface area contributed by atoms with Crippen LogP contribution in [-0.2, 0) is 9.59 Å². The van der Waals surface area contributed by atoms with Gasteiger partial charge < -0.3 is 10.2 Å². The SMILES string of the molecule is CCCCCCC(C)C1(C(=O)O)CCCCC1C(=O)O. The van der Waals surface area contributed by atoms with Crippen molar-refractivity contribution in [3.05, 3.63) is 0 Å². The predicted molar refractivity (Wildman–Crippen MR) is 77.6 cm³/mol. The van der Waals surface area contributed by atoms with Gasteiger partial charge in [-0.25, -0.2) is 0 Å². The summed E-state index contributed by atoms with van der Waals surface area (Å²) in [7, 11) is 0. The molecule has 1 aliphatic rings. The molecule has 116 valence electrons. The Morgan fingerprint density at radius 1 is 1.20 bits per heavy atom. The smallest absolute Gasteiger partial charge is 0.310 e. The highest BCUT2D eigenvalue weighted by Crippen LogP contribution is 2.49. The van der Waals surface area contributed by atoms with Gasteiger partial charge in [0.1, 0.15) is 0 Å². The van der Waals surface area contributed by atoms with Crippen molar-refractivity contribution in [2.45, 2.75) is 71.6 Å². The Morgan fingerprint density at radius 3 is 2.45 bits per heavy atom. The molecule has 1 rings (SSSR count). The fourth-order valence-corrected chi connectivity index (χ4v) is 3.73. The summed E-state index contributed by atoms with van der Waals surface area (Å²) in [6.07, 6.45) is 7.89. The molecule has 1 aliphatic carbocycles. The maximum atomic E-state index is 11.9. The Morgan fingerprint density at radius 2 is 1.90 bits per heavy atom. The van der Waals surface area contributed by atoms with E-state index in [0.717, 1.165) is 44.9 Å². The highest BCUT2D eigenvalue weighted by molar-refractivity contribution is 5.84. The van der Waals surface area contributed by atoms with Crippen LogP contribution in [0.15, 0.2) is 0 Å². The minimum atomic E-state index is -1.06. The number of carboxylic acid groups (broad SMARTS) is 2. The second-order valence-electron chi connectivity index (χ2n) is 6.23. The van der Waals surface area contributed by atoms with Crippen LogP contribution >= 0.6 is 0 Å². The van der Waals surface area contributed by atoms with E-state index in [4.69, 9.17) is 0 Å². The van der Waals surface area contributed by atoms with Crippen molar-refractivity contribution in [1.29, 1.82) is 0 Å². The van der Waals surface area contributed by atoms with Gasteiger partial charge in [-0.15, -0.1) is 0 Å². The Bertz CT molecular complexity index is 339. The van der Waals surface area contributed by atoms with E-state index in [9.17, 15) is 19.8 Å². The summed E-state index contributed by atoms with van der Waals surface area (Å²) in [4.78, 5) is 23.3. The van der Waals surface area contributed by atoms with E-state index in [1.54, 1.807) is 0 Å². The van der Waals surface area contributed by atoms with Gasteiger partial charge in [0, 0.05) is 0 Å². The van der Waals surface area contributed by atoms with Crippen molar-refractivity contribution in [3.63, 3.8) is 0 Å². The average Bonchev–Trinajstić information content (AvgIpc) is 2.42. The molecule has 2 N–H and O–H groups in total. The molecule has 3 unspecified atom stereocenters. The number of rotatable bonds is 8. The molecule has 0 bridgehead atoms. The van der Waals surface area contributed by atoms with Crippen LogP contribution in [0.25, 0.3) is 0 Å². The third-order valence-corrected chi connectivity index (χ3v) is 5.02. The van der Waals surface area contributed by atoms with Crippen LogP contribution in [0.3, 0.4) is 0 Å². The summed E-state index contributed by atoms with van der Waals surface area (Å²) in [6.45, 7) is 4.07. The second kappa shape index (κ2) is 7.65. The maximum absolute atomic E-state index is 11.9. The van der Waals surface area contributed by atoms with E-state index in [2.05, 4.69) is 6.92 Å². The Labute approximate surface area is 121 Å². The van der Waals surface area contributed by atoms with Crippen LogP contribution in [-0.4, -0.2) is 22.2 Å². The zero-order chi connectivity index (χ0) is 15.2. The van der Waals surface area contributed by atoms with E-state index < -0.39 is 23.3 Å². The number of carboxylic acids is 2. The molecular formula is C16H28O4. The molecule has 0 saturated heterocycles. The molecule has 0 amide bonds. The molecule has 1 fully saturated rings. The molecule has 0 aromatic rings. The standard InChI is InChI=1S/C16H28O4/c1-3-4-5-6-9-12(2)16(15(19)20)11-8-7-10-13(16)14(17)18/h12-13H,3-11H2,1-2H3,(H,17,18)(H,19,20). The lowest BCUT2D eigenvalue weighted by atomic mass is 9.59. The van der Waals surface area contributed by atoms with Crippen LogP contribution in [0.2, 0.25) is 0 Å². The first-order valence-corrected chi connectivity index (χ1v) is 7.93. The zero-order valence-corrected chi connectivity index (χ0v) is 12.7. The maximum Gasteiger partial charge on any atom is 0.310 e. The molecule has 1 saturated carbocycles. The average molecular weight is 284 g/mol. The summed E-state index contributed by atoms with van der Waals surface area (Å²) in [5.74, 6) is -2.65. The third kappa shape index (κ3) is 3.53. The predicted octanol–water partition coefficient (Wildman–Crippen LogP) is 3.94. The highest BCUT2D eigenvalue weighted by atomic mass is 16.4. The van der Waals surface area contributed by atoms with Crippen LogP contribution in [0.4, 0.5) is 0 Å². The Hall–Kier alpha value is -1.06. The fourth-order valence-electron chi connectivity index (χ4n) is 3.73. The molecule has 0 spiro atoms. The van der Waals surface area contributed by atoms with Gasteiger partial charge >= 0.3 is 11.9 Å². The minimum absolute atomic E-state index is 0.0711. The summed E-state index contributed by atoms with van der Waals surface area (Å²) in [6, 6.07) is 0. The van der Waals surface area contributed by atoms with E-state index in [1.165, 1.54) is 0 Å². The minimum Gasteiger partial charge on any atom is -0.481 e. The molecule has 3 atom stereocenters. The van der Waals surface area contributed by atoms with Gasteiger partial charge in [-0.05, 0) is 25.2 Å². The van der Waals surface area contributed by atoms with Crippen LogP contribution in [0.1, 0.15) is 71.6 Å². The van der Waals surface area contributed by atoms with Crippen molar-refractivity contribution in [2.75, 3.05) is 0 Å². The van der Waals surface area contributed by atoms with Crippen molar-refractivity contribution in [1.82, 2.24) is 0 Å². The first-order valence-electron chi connectivity index (χ1n) is 7.93. The number of hydrogen-bond acceptors (Lipinski definition) is 2. The first kappa shape index (κ1) is 17.0. The van der Waals surface area contributed by atoms with Gasteiger partial charge in [-0.3, -0.25) is 9.59 Å². The number of hydrogen-bond donors (Lipinski definition) is 2. The second-order valence-corrected chi connectivity index (χ2v) is 6.23. The van der Waals surface area contributed by atoms with Gasteiger partial charge in [0.15, 0.2) is 0 Å². The van der Waals surface area contributed by atoms with E-state index in [-0.39, 0.29) is 5.92 Å². The zero-order valence-electron chi connectivity index (χ0n) is 12.7. The molecule has 4 nitrogen and oxygen atoms in total. The molecule has 20 heavy (non-hydrogen) atoms. The number of aliphatic carboxylic acids is 2. The molecule has 4 heteroatoms. The topological polar surface area (TPSA) is 74.6 Å². The van der Waals surface area contributed by atoms with E-state index in [1.807, 2.05) is 6.92 Å². The molecule has 0 aromatic carbocycles. The fraction of sp³-hybridized carbons (Fsp3) is 0.875.